The normalized spacial score (nSPS) is 7.16. The molecule has 19 heavy (non-hydrogen) atoms. The summed E-state index contributed by atoms with van der Waals surface area (Å²) in [6, 6.07) is 20.2. The van der Waals surface area contributed by atoms with E-state index in [4.69, 9.17) is 13.4 Å². The van der Waals surface area contributed by atoms with Gasteiger partial charge in [0.15, 0.2) is 0 Å². The van der Waals surface area contributed by atoms with Gasteiger partial charge in [0.2, 0.25) is 0 Å². The van der Waals surface area contributed by atoms with Crippen LogP contribution in [0.3, 0.4) is 0 Å². The molecule has 5 heteroatoms. The van der Waals surface area contributed by atoms with Gasteiger partial charge in [-0.2, -0.15) is 49.8 Å². The Labute approximate surface area is 147 Å². The van der Waals surface area contributed by atoms with E-state index in [2.05, 4.69) is 22.1 Å². The Hall–Kier alpha value is -0.623. The van der Waals surface area contributed by atoms with Crippen LogP contribution in [0.1, 0.15) is 0 Å². The average Bonchev–Trinajstić information content (AvgIpc) is 2.41. The van der Waals surface area contributed by atoms with Gasteiger partial charge in [0.1, 0.15) is 0 Å². The molecule has 0 aliphatic rings. The molecule has 0 aliphatic heterocycles. The van der Waals surface area contributed by atoms with E-state index >= 15 is 0 Å². The van der Waals surface area contributed by atoms with Gasteiger partial charge < -0.3 is 23.5 Å². The third kappa shape index (κ3) is 10.9. The SMILES string of the molecule is [CH-]=Nc1[c-]cccc1.[CH-]=Nc1[c-]cccc1.[SH-].[Zn+2].[Zn]. The summed E-state index contributed by atoms with van der Waals surface area (Å²) in [5.74, 6) is 0. The van der Waals surface area contributed by atoms with Gasteiger partial charge in [0, 0.05) is 19.5 Å². The molecule has 2 aromatic carbocycles. The molecule has 2 aromatic rings. The summed E-state index contributed by atoms with van der Waals surface area (Å²) in [6.07, 6.45) is 0. The third-order valence-corrected chi connectivity index (χ3v) is 1.66. The van der Waals surface area contributed by atoms with E-state index in [-0.39, 0.29) is 52.5 Å². The van der Waals surface area contributed by atoms with Crippen LogP contribution in [-0.2, 0) is 52.5 Å². The fourth-order valence-corrected chi connectivity index (χ4v) is 0.928. The smallest absolute Gasteiger partial charge is 0.813 e. The molecule has 2 nitrogen and oxygen atoms in total. The van der Waals surface area contributed by atoms with Crippen LogP contribution in [0.5, 0.6) is 0 Å². The van der Waals surface area contributed by atoms with Crippen LogP contribution in [0.4, 0.5) is 11.4 Å². The van der Waals surface area contributed by atoms with Crippen molar-refractivity contribution in [3.05, 3.63) is 60.7 Å². The van der Waals surface area contributed by atoms with E-state index in [1.807, 2.05) is 24.3 Å². The van der Waals surface area contributed by atoms with Gasteiger partial charge in [-0.3, -0.25) is 12.1 Å². The molecule has 0 N–H and O–H groups in total. The number of hydrogen-bond acceptors (Lipinski definition) is 3. The first-order valence-electron chi connectivity index (χ1n) is 4.62. The van der Waals surface area contributed by atoms with Crippen molar-refractivity contribution in [2.75, 3.05) is 0 Å². The topological polar surface area (TPSA) is 24.7 Å². The minimum atomic E-state index is 0. The van der Waals surface area contributed by atoms with E-state index in [1.54, 1.807) is 24.3 Å². The molecule has 0 bridgehead atoms. The van der Waals surface area contributed by atoms with E-state index in [0.717, 1.165) is 0 Å². The monoisotopic (exact) mass is 367 g/mol. The molecule has 90 valence electrons. The molecule has 0 atom stereocenters. The second-order valence-corrected chi connectivity index (χ2v) is 2.75. The number of thiol groups is 1. The zero-order chi connectivity index (χ0) is 11.6. The van der Waals surface area contributed by atoms with Gasteiger partial charge in [-0.15, -0.1) is 0 Å². The van der Waals surface area contributed by atoms with Gasteiger partial charge >= 0.3 is 19.5 Å². The maximum absolute atomic E-state index is 4.94. The van der Waals surface area contributed by atoms with E-state index in [1.165, 1.54) is 0 Å². The second-order valence-electron chi connectivity index (χ2n) is 2.75. The predicted octanol–water partition coefficient (Wildman–Crippen LogP) is 3.12. The Morgan fingerprint density at radius 1 is 0.789 bits per heavy atom. The predicted molar refractivity (Wildman–Crippen MR) is 75.6 cm³/mol. The molecule has 0 aliphatic carbocycles. The molecule has 0 unspecified atom stereocenters. The Bertz CT molecular complexity index is 392. The Morgan fingerprint density at radius 3 is 1.32 bits per heavy atom. The molecule has 0 aromatic heterocycles. The summed E-state index contributed by atoms with van der Waals surface area (Å²) in [7, 11) is 0. The summed E-state index contributed by atoms with van der Waals surface area (Å²) in [5.41, 5.74) is 1.38. The number of rotatable bonds is 2. The quantitative estimate of drug-likeness (QED) is 0.262. The van der Waals surface area contributed by atoms with Gasteiger partial charge in [-0.05, 0) is 0 Å². The summed E-state index contributed by atoms with van der Waals surface area (Å²) in [4.78, 5) is 6.83. The van der Waals surface area contributed by atoms with Gasteiger partial charge in [0.05, 0.1) is 0 Å². The molecule has 0 heterocycles. The molecular weight excluding hydrogens is 359 g/mol. The van der Waals surface area contributed by atoms with E-state index in [0.29, 0.717) is 11.4 Å². The number of nitrogens with zero attached hydrogens (tertiary/aromatic N) is 2. The third-order valence-electron chi connectivity index (χ3n) is 1.66. The second kappa shape index (κ2) is 15.4. The zero-order valence-corrected chi connectivity index (χ0v) is 17.4. The minimum absolute atomic E-state index is 0. The summed E-state index contributed by atoms with van der Waals surface area (Å²) in [5, 5.41) is 0. The summed E-state index contributed by atoms with van der Waals surface area (Å²) >= 11 is 0. The van der Waals surface area contributed by atoms with Crippen LogP contribution in [0.15, 0.2) is 58.5 Å². The maximum Gasteiger partial charge on any atom is 2.00 e. The van der Waals surface area contributed by atoms with Crippen LogP contribution >= 0.6 is 0 Å². The molecule has 0 amide bonds. The van der Waals surface area contributed by atoms with Crippen molar-refractivity contribution < 1.29 is 39.0 Å². The molecule has 0 fully saturated rings. The number of hydrogen-bond donors (Lipinski definition) is 0. The first-order chi connectivity index (χ1) is 7.86. The minimum Gasteiger partial charge on any atom is -0.813 e. The van der Waals surface area contributed by atoms with Crippen LogP contribution in [0.25, 0.3) is 0 Å². The van der Waals surface area contributed by atoms with E-state index < -0.39 is 0 Å². The van der Waals surface area contributed by atoms with Crippen molar-refractivity contribution in [2.45, 2.75) is 0 Å². The Balaban J connectivity index is -0.000000233. The van der Waals surface area contributed by atoms with Gasteiger partial charge in [0.25, 0.3) is 0 Å². The fraction of sp³-hybridized carbons (Fsp3) is 0. The molecular formula is C14H11N2SZn2-3. The van der Waals surface area contributed by atoms with Crippen molar-refractivity contribution in [3.8, 4) is 0 Å². The summed E-state index contributed by atoms with van der Waals surface area (Å²) in [6.45, 7) is 9.89. The molecule has 0 spiro atoms. The van der Waals surface area contributed by atoms with Crippen molar-refractivity contribution in [1.29, 1.82) is 0 Å². The van der Waals surface area contributed by atoms with Crippen LogP contribution < -0.4 is 0 Å². The Morgan fingerprint density at radius 2 is 1.16 bits per heavy atom. The number of para-hydroxylation sites is 2. The molecule has 0 radical (unpaired) electrons. The standard InChI is InChI=1S/2C7H5N.H2S.2Zn/c2*1-8-7-5-3-2-4-6-7;;;/h2*1-5H;1H2;;/q2*-2;;;+2/p-1. The average molecular weight is 370 g/mol. The van der Waals surface area contributed by atoms with Gasteiger partial charge in [-0.1, -0.05) is 0 Å². The first kappa shape index (κ1) is 23.5. The van der Waals surface area contributed by atoms with Crippen molar-refractivity contribution in [2.24, 2.45) is 9.98 Å². The molecule has 2 rings (SSSR count). The number of benzene rings is 2. The van der Waals surface area contributed by atoms with Gasteiger partial charge in [-0.25, -0.2) is 23.5 Å². The van der Waals surface area contributed by atoms with Crippen molar-refractivity contribution in [1.82, 2.24) is 0 Å². The summed E-state index contributed by atoms with van der Waals surface area (Å²) < 4.78 is 0. The van der Waals surface area contributed by atoms with Crippen LogP contribution in [-0.4, -0.2) is 13.4 Å². The van der Waals surface area contributed by atoms with Crippen molar-refractivity contribution >= 4 is 38.3 Å². The Kier molecular flexibility index (Phi) is 19.1. The largest absolute Gasteiger partial charge is 2.00 e. The van der Waals surface area contributed by atoms with Crippen LogP contribution in [0.2, 0.25) is 0 Å². The molecule has 0 saturated carbocycles. The maximum atomic E-state index is 4.94. The number of aliphatic imine (C=N–C) groups is 2. The van der Waals surface area contributed by atoms with E-state index in [9.17, 15) is 0 Å². The fourth-order valence-electron chi connectivity index (χ4n) is 0.928. The van der Waals surface area contributed by atoms with Crippen molar-refractivity contribution in [3.63, 3.8) is 0 Å². The molecule has 0 saturated heterocycles. The zero-order valence-electron chi connectivity index (χ0n) is 10.5. The van der Waals surface area contributed by atoms with Crippen LogP contribution in [0, 0.1) is 12.1 Å². The first-order valence-corrected chi connectivity index (χ1v) is 4.62.